The Morgan fingerprint density at radius 1 is 1.25 bits per heavy atom. The summed E-state index contributed by atoms with van der Waals surface area (Å²) in [5.41, 5.74) is 5.53. The lowest BCUT2D eigenvalue weighted by molar-refractivity contribution is -0.155. The highest BCUT2D eigenvalue weighted by atomic mass is 16.4. The van der Waals surface area contributed by atoms with Crippen molar-refractivity contribution in [3.05, 3.63) is 12.2 Å². The van der Waals surface area contributed by atoms with Crippen LogP contribution in [0.3, 0.4) is 0 Å². The van der Waals surface area contributed by atoms with Crippen molar-refractivity contribution in [2.75, 3.05) is 0 Å². The molecule has 0 radical (unpaired) electrons. The third kappa shape index (κ3) is 5.87. The summed E-state index contributed by atoms with van der Waals surface area (Å²) in [7, 11) is 0. The second kappa shape index (κ2) is 8.90. The van der Waals surface area contributed by atoms with Crippen molar-refractivity contribution in [1.82, 2.24) is 0 Å². The third-order valence-electron chi connectivity index (χ3n) is 3.82. The molecule has 0 aliphatic rings. The number of carboxylic acid groups (broad SMARTS) is 1. The number of allylic oxidation sites excluding steroid dienone is 1. The number of unbranched alkanes of at least 4 members (excludes halogenated alkanes) is 3. The van der Waals surface area contributed by atoms with Crippen LogP contribution in [0.1, 0.15) is 65.7 Å². The molecule has 0 spiro atoms. The smallest absolute Gasteiger partial charge is 0.316 e. The lowest BCUT2D eigenvalue weighted by Gasteiger charge is -2.26. The van der Waals surface area contributed by atoms with Crippen molar-refractivity contribution >= 4 is 11.8 Å². The van der Waals surface area contributed by atoms with Crippen LogP contribution in [0.2, 0.25) is 0 Å². The van der Waals surface area contributed by atoms with Gasteiger partial charge in [0.25, 0.3) is 0 Å². The number of hydrogen-bond acceptors (Lipinski definition) is 3. The molecule has 0 aliphatic carbocycles. The molecule has 0 heterocycles. The van der Waals surface area contributed by atoms with Crippen LogP contribution in [-0.2, 0) is 9.59 Å². The molecule has 0 aliphatic heterocycles. The van der Waals surface area contributed by atoms with Crippen molar-refractivity contribution in [3.8, 4) is 0 Å². The average molecular weight is 283 g/mol. The van der Waals surface area contributed by atoms with Crippen LogP contribution in [-0.4, -0.2) is 22.9 Å². The topological polar surface area (TPSA) is 80.4 Å². The van der Waals surface area contributed by atoms with Crippen LogP contribution in [0, 0.1) is 5.41 Å². The molecule has 2 atom stereocenters. The normalized spacial score (nSPS) is 15.4. The summed E-state index contributed by atoms with van der Waals surface area (Å²) in [6.07, 6.45) is 5.63. The van der Waals surface area contributed by atoms with Crippen LogP contribution in [0.4, 0.5) is 0 Å². The Balaban J connectivity index is 4.31. The highest BCUT2D eigenvalue weighted by Crippen LogP contribution is 2.28. The summed E-state index contributed by atoms with van der Waals surface area (Å²) in [6, 6.07) is -0.681. The quantitative estimate of drug-likeness (QED) is 0.346. The van der Waals surface area contributed by atoms with Gasteiger partial charge in [0, 0.05) is 0 Å². The van der Waals surface area contributed by atoms with Gasteiger partial charge >= 0.3 is 5.97 Å². The molecule has 0 aromatic heterocycles. The third-order valence-corrected chi connectivity index (χ3v) is 3.82. The largest absolute Gasteiger partial charge is 0.481 e. The van der Waals surface area contributed by atoms with Gasteiger partial charge in [0.05, 0.1) is 6.04 Å². The first-order valence-electron chi connectivity index (χ1n) is 7.43. The Kier molecular flexibility index (Phi) is 8.39. The van der Waals surface area contributed by atoms with Crippen molar-refractivity contribution in [3.63, 3.8) is 0 Å². The van der Waals surface area contributed by atoms with Crippen LogP contribution in [0.25, 0.3) is 0 Å². The van der Waals surface area contributed by atoms with Crippen LogP contribution in [0.15, 0.2) is 12.2 Å². The minimum Gasteiger partial charge on any atom is -0.481 e. The molecule has 0 saturated carbocycles. The summed E-state index contributed by atoms with van der Waals surface area (Å²) in [5, 5.41) is 9.33. The molecule has 0 fully saturated rings. The Hall–Kier alpha value is -1.16. The zero-order valence-electron chi connectivity index (χ0n) is 13.1. The summed E-state index contributed by atoms with van der Waals surface area (Å²) >= 11 is 0. The molecule has 4 heteroatoms. The first-order valence-corrected chi connectivity index (χ1v) is 7.43. The van der Waals surface area contributed by atoms with Gasteiger partial charge in [-0.3, -0.25) is 9.59 Å². The van der Waals surface area contributed by atoms with E-state index in [4.69, 9.17) is 5.73 Å². The van der Waals surface area contributed by atoms with Crippen LogP contribution < -0.4 is 5.73 Å². The molecule has 0 aromatic rings. The zero-order valence-corrected chi connectivity index (χ0v) is 13.1. The lowest BCUT2D eigenvalue weighted by atomic mass is 9.77. The number of ketones is 1. The number of rotatable bonds is 11. The summed E-state index contributed by atoms with van der Waals surface area (Å²) in [4.78, 5) is 23.5. The van der Waals surface area contributed by atoms with Crippen molar-refractivity contribution in [1.29, 1.82) is 0 Å². The highest BCUT2D eigenvalue weighted by molar-refractivity contribution is 6.05. The Bertz CT molecular complexity index is 352. The van der Waals surface area contributed by atoms with Crippen molar-refractivity contribution in [2.24, 2.45) is 11.1 Å². The molecule has 0 aromatic carbocycles. The van der Waals surface area contributed by atoms with Gasteiger partial charge < -0.3 is 10.8 Å². The van der Waals surface area contributed by atoms with E-state index in [0.717, 1.165) is 32.1 Å². The average Bonchev–Trinajstić information content (AvgIpc) is 2.39. The van der Waals surface area contributed by atoms with Gasteiger partial charge in [0.1, 0.15) is 5.41 Å². The van der Waals surface area contributed by atoms with E-state index in [2.05, 4.69) is 6.58 Å². The Morgan fingerprint density at radius 3 is 2.25 bits per heavy atom. The van der Waals surface area contributed by atoms with E-state index in [1.807, 2.05) is 6.92 Å². The van der Waals surface area contributed by atoms with Gasteiger partial charge in [0.15, 0.2) is 5.78 Å². The number of hydrogen-bond donors (Lipinski definition) is 2. The molecule has 20 heavy (non-hydrogen) atoms. The second-order valence-corrected chi connectivity index (χ2v) is 5.89. The molecule has 0 saturated heterocycles. The van der Waals surface area contributed by atoms with Gasteiger partial charge in [-0.2, -0.15) is 0 Å². The maximum atomic E-state index is 12.1. The number of carbonyl (C=O) groups is 2. The van der Waals surface area contributed by atoms with Crippen molar-refractivity contribution in [2.45, 2.75) is 71.8 Å². The highest BCUT2D eigenvalue weighted by Gasteiger charge is 2.42. The molecular weight excluding hydrogens is 254 g/mol. The molecule has 3 N–H and O–H groups in total. The standard InChI is InChI=1S/C16H29NO3/c1-5-13(17)14(18)16(4,15(19)20)11-9-7-6-8-10-12(2)3/h13H,2,5-11,17H2,1,3-4H3,(H,19,20). The number of nitrogens with two attached hydrogens (primary N) is 1. The van der Waals surface area contributed by atoms with E-state index < -0.39 is 17.4 Å². The van der Waals surface area contributed by atoms with Crippen LogP contribution >= 0.6 is 0 Å². The van der Waals surface area contributed by atoms with E-state index in [0.29, 0.717) is 12.8 Å². The monoisotopic (exact) mass is 283 g/mol. The summed E-state index contributed by atoms with van der Waals surface area (Å²) in [5.74, 6) is -1.41. The molecule has 0 amide bonds. The minimum atomic E-state index is -1.34. The van der Waals surface area contributed by atoms with Gasteiger partial charge in [-0.15, -0.1) is 6.58 Å². The fourth-order valence-corrected chi connectivity index (χ4v) is 2.19. The number of aliphatic carboxylic acids is 1. The van der Waals surface area contributed by atoms with E-state index >= 15 is 0 Å². The maximum absolute atomic E-state index is 12.1. The van der Waals surface area contributed by atoms with E-state index in [1.165, 1.54) is 12.5 Å². The van der Waals surface area contributed by atoms with Crippen LogP contribution in [0.5, 0.6) is 0 Å². The molecule has 0 bridgehead atoms. The van der Waals surface area contributed by atoms with E-state index in [9.17, 15) is 14.7 Å². The number of carboxylic acids is 1. The molecule has 4 nitrogen and oxygen atoms in total. The summed E-state index contributed by atoms with van der Waals surface area (Å²) in [6.45, 7) is 9.15. The van der Waals surface area contributed by atoms with Gasteiger partial charge in [-0.05, 0) is 39.5 Å². The van der Waals surface area contributed by atoms with Gasteiger partial charge in [-0.1, -0.05) is 31.8 Å². The minimum absolute atomic E-state index is 0.352. The Morgan fingerprint density at radius 2 is 1.80 bits per heavy atom. The van der Waals surface area contributed by atoms with E-state index in [1.54, 1.807) is 6.92 Å². The predicted molar refractivity (Wildman–Crippen MR) is 81.5 cm³/mol. The number of Topliss-reactive ketones (excluding diaryl/α,β-unsaturated/α-hetero) is 1. The number of carbonyl (C=O) groups excluding carboxylic acids is 1. The summed E-state index contributed by atoms with van der Waals surface area (Å²) < 4.78 is 0. The second-order valence-electron chi connectivity index (χ2n) is 5.89. The molecule has 0 rings (SSSR count). The first kappa shape index (κ1) is 18.8. The van der Waals surface area contributed by atoms with Crippen molar-refractivity contribution < 1.29 is 14.7 Å². The Labute approximate surface area is 122 Å². The zero-order chi connectivity index (χ0) is 15.8. The van der Waals surface area contributed by atoms with E-state index in [-0.39, 0.29) is 5.78 Å². The SMILES string of the molecule is C=C(C)CCCCCCC(C)(C(=O)O)C(=O)C(N)CC. The van der Waals surface area contributed by atoms with Gasteiger partial charge in [-0.25, -0.2) is 0 Å². The maximum Gasteiger partial charge on any atom is 0.316 e. The molecular formula is C16H29NO3. The van der Waals surface area contributed by atoms with Gasteiger partial charge in [0.2, 0.25) is 0 Å². The predicted octanol–water partition coefficient (Wildman–Crippen LogP) is 3.30. The lowest BCUT2D eigenvalue weighted by Crippen LogP contribution is -2.46. The molecule has 2 unspecified atom stereocenters. The fourth-order valence-electron chi connectivity index (χ4n) is 2.19. The first-order chi connectivity index (χ1) is 9.25. The fraction of sp³-hybridized carbons (Fsp3) is 0.750. The molecule has 116 valence electrons.